The zero-order chi connectivity index (χ0) is 19.7. The van der Waals surface area contributed by atoms with Gasteiger partial charge in [0.15, 0.2) is 5.56 Å². The summed E-state index contributed by atoms with van der Waals surface area (Å²) in [6.07, 6.45) is 0. The van der Waals surface area contributed by atoms with Gasteiger partial charge in [0, 0.05) is 0 Å². The van der Waals surface area contributed by atoms with E-state index >= 15 is 0 Å². The first kappa shape index (κ1) is 18.8. The molecule has 0 aliphatic carbocycles. The summed E-state index contributed by atoms with van der Waals surface area (Å²) in [6, 6.07) is 9.60. The highest BCUT2D eigenvalue weighted by Gasteiger charge is 2.21. The Balaban J connectivity index is 2.07. The molecule has 7 nitrogen and oxygen atoms in total. The summed E-state index contributed by atoms with van der Waals surface area (Å²) >= 11 is 11.9. The average Bonchev–Trinajstić information content (AvgIpc) is 2.61. The largest absolute Gasteiger partial charge is 0.506 e. The van der Waals surface area contributed by atoms with Crippen LogP contribution in [0.3, 0.4) is 0 Å². The Morgan fingerprint density at radius 2 is 1.70 bits per heavy atom. The highest BCUT2D eigenvalue weighted by atomic mass is 35.5. The van der Waals surface area contributed by atoms with Crippen LogP contribution in [0.5, 0.6) is 5.75 Å². The van der Waals surface area contributed by atoms with Gasteiger partial charge in [-0.25, -0.2) is 4.79 Å². The second-order valence-corrected chi connectivity index (χ2v) is 6.34. The minimum atomic E-state index is -1.29. The highest BCUT2D eigenvalue weighted by Crippen LogP contribution is 2.33. The molecule has 1 amide bonds. The first-order valence-electron chi connectivity index (χ1n) is 7.53. The van der Waals surface area contributed by atoms with Gasteiger partial charge in [0.25, 0.3) is 5.91 Å². The molecule has 0 bridgehead atoms. The molecule has 1 heterocycles. The van der Waals surface area contributed by atoms with Crippen molar-refractivity contribution in [2.24, 2.45) is 0 Å². The topological polar surface area (TPSA) is 117 Å². The molecule has 9 heteroatoms. The predicted octanol–water partition coefficient (Wildman–Crippen LogP) is 3.29. The van der Waals surface area contributed by atoms with E-state index < -0.39 is 35.4 Å². The zero-order valence-corrected chi connectivity index (χ0v) is 15.0. The second-order valence-electron chi connectivity index (χ2n) is 5.53. The lowest BCUT2D eigenvalue weighted by atomic mass is 10.0. The van der Waals surface area contributed by atoms with Gasteiger partial charge in [0.1, 0.15) is 17.9 Å². The molecule has 0 radical (unpaired) electrons. The van der Waals surface area contributed by atoms with Crippen molar-refractivity contribution in [2.75, 3.05) is 6.54 Å². The van der Waals surface area contributed by atoms with E-state index in [1.165, 1.54) is 12.1 Å². The third-order valence-corrected chi connectivity index (χ3v) is 4.50. The van der Waals surface area contributed by atoms with Gasteiger partial charge in [-0.2, -0.15) is 0 Å². The van der Waals surface area contributed by atoms with E-state index in [1.807, 2.05) is 5.32 Å². The van der Waals surface area contributed by atoms with Crippen LogP contribution < -0.4 is 10.9 Å². The van der Waals surface area contributed by atoms with E-state index in [9.17, 15) is 19.5 Å². The molecular formula is C18H11Cl2NO6. The Morgan fingerprint density at radius 3 is 2.37 bits per heavy atom. The number of fused-ring (bicyclic) bond motifs is 1. The molecule has 3 aromatic rings. The van der Waals surface area contributed by atoms with Gasteiger partial charge in [-0.1, -0.05) is 35.3 Å². The van der Waals surface area contributed by atoms with Crippen LogP contribution in [0.4, 0.5) is 0 Å². The average molecular weight is 408 g/mol. The third kappa shape index (κ3) is 3.74. The number of amides is 1. The van der Waals surface area contributed by atoms with Crippen molar-refractivity contribution in [3.8, 4) is 16.9 Å². The number of carboxylic acids is 1. The van der Waals surface area contributed by atoms with Crippen LogP contribution in [-0.4, -0.2) is 28.6 Å². The molecule has 0 unspecified atom stereocenters. The quantitative estimate of drug-likeness (QED) is 0.571. The van der Waals surface area contributed by atoms with Gasteiger partial charge in [-0.05, 0) is 35.4 Å². The van der Waals surface area contributed by atoms with Crippen LogP contribution in [0.25, 0.3) is 22.1 Å². The van der Waals surface area contributed by atoms with Crippen molar-refractivity contribution < 1.29 is 24.2 Å². The molecule has 1 aromatic heterocycles. The molecule has 0 fully saturated rings. The van der Waals surface area contributed by atoms with Gasteiger partial charge in [-0.3, -0.25) is 9.59 Å². The standard InChI is InChI=1S/C18H11Cl2NO6/c19-11-4-2-8(5-12(11)20)9-1-3-10-13(6-9)27-18(26)15(16(10)24)17(25)21-7-14(22)23/h1-6,24H,7H2,(H,21,25)(H,22,23). The fraction of sp³-hybridized carbons (Fsp3) is 0.0556. The molecule has 3 rings (SSSR count). The monoisotopic (exact) mass is 407 g/mol. The van der Waals surface area contributed by atoms with Crippen molar-refractivity contribution in [1.29, 1.82) is 0 Å². The molecule has 2 aromatic carbocycles. The molecule has 27 heavy (non-hydrogen) atoms. The van der Waals surface area contributed by atoms with Crippen molar-refractivity contribution >= 4 is 46.0 Å². The number of benzene rings is 2. The Kier molecular flexibility index (Phi) is 5.07. The lowest BCUT2D eigenvalue weighted by Gasteiger charge is -2.08. The van der Waals surface area contributed by atoms with E-state index in [0.717, 1.165) is 0 Å². The van der Waals surface area contributed by atoms with Gasteiger partial charge >= 0.3 is 11.6 Å². The summed E-state index contributed by atoms with van der Waals surface area (Å²) in [5.41, 5.74) is -0.348. The smallest absolute Gasteiger partial charge is 0.353 e. The van der Waals surface area contributed by atoms with Crippen molar-refractivity contribution in [2.45, 2.75) is 0 Å². The lowest BCUT2D eigenvalue weighted by Crippen LogP contribution is -2.32. The van der Waals surface area contributed by atoms with Crippen molar-refractivity contribution in [1.82, 2.24) is 5.32 Å². The zero-order valence-electron chi connectivity index (χ0n) is 13.5. The van der Waals surface area contributed by atoms with E-state index in [0.29, 0.717) is 21.2 Å². The van der Waals surface area contributed by atoms with Gasteiger partial charge in [-0.15, -0.1) is 0 Å². The van der Waals surface area contributed by atoms with E-state index in [-0.39, 0.29) is 11.0 Å². The molecule has 0 atom stereocenters. The predicted molar refractivity (Wildman–Crippen MR) is 99.6 cm³/mol. The number of aromatic hydroxyl groups is 1. The molecule has 0 saturated carbocycles. The molecule has 0 saturated heterocycles. The molecule has 0 aliphatic rings. The van der Waals surface area contributed by atoms with Crippen LogP contribution >= 0.6 is 23.2 Å². The third-order valence-electron chi connectivity index (χ3n) is 3.76. The number of carbonyl (C=O) groups is 2. The maximum atomic E-state index is 12.1. The Morgan fingerprint density at radius 1 is 1.04 bits per heavy atom. The maximum Gasteiger partial charge on any atom is 0.353 e. The van der Waals surface area contributed by atoms with Crippen LogP contribution in [0.1, 0.15) is 10.4 Å². The number of carboxylic acid groups (broad SMARTS) is 1. The van der Waals surface area contributed by atoms with Crippen molar-refractivity contribution in [3.05, 3.63) is 62.4 Å². The summed E-state index contributed by atoms with van der Waals surface area (Å²) in [4.78, 5) is 34.6. The summed E-state index contributed by atoms with van der Waals surface area (Å²) in [5.74, 6) is -2.93. The number of nitrogens with one attached hydrogen (secondary N) is 1. The van der Waals surface area contributed by atoms with E-state index in [1.54, 1.807) is 24.3 Å². The number of hydrogen-bond donors (Lipinski definition) is 3. The first-order valence-corrected chi connectivity index (χ1v) is 8.28. The maximum absolute atomic E-state index is 12.1. The summed E-state index contributed by atoms with van der Waals surface area (Å²) in [7, 11) is 0. The highest BCUT2D eigenvalue weighted by molar-refractivity contribution is 6.42. The number of carbonyl (C=O) groups excluding carboxylic acids is 1. The van der Waals surface area contributed by atoms with E-state index in [2.05, 4.69) is 0 Å². The summed E-state index contributed by atoms with van der Waals surface area (Å²) in [5, 5.41) is 21.8. The second kappa shape index (κ2) is 7.30. The molecular weight excluding hydrogens is 397 g/mol. The minimum absolute atomic E-state index is 0.0517. The first-order chi connectivity index (χ1) is 12.8. The fourth-order valence-corrected chi connectivity index (χ4v) is 2.78. The van der Waals surface area contributed by atoms with Gasteiger partial charge in [0.2, 0.25) is 0 Å². The number of rotatable bonds is 4. The SMILES string of the molecule is O=C(O)CNC(=O)c1c(O)c2ccc(-c3ccc(Cl)c(Cl)c3)cc2oc1=O. The minimum Gasteiger partial charge on any atom is -0.506 e. The number of halogens is 2. The number of hydrogen-bond acceptors (Lipinski definition) is 5. The van der Waals surface area contributed by atoms with Crippen molar-refractivity contribution in [3.63, 3.8) is 0 Å². The van der Waals surface area contributed by atoms with Crippen LogP contribution in [0, 0.1) is 0 Å². The Hall–Kier alpha value is -3.03. The van der Waals surface area contributed by atoms with Gasteiger partial charge in [0.05, 0.1) is 15.4 Å². The van der Waals surface area contributed by atoms with Crippen LogP contribution in [0.15, 0.2) is 45.6 Å². The van der Waals surface area contributed by atoms with E-state index in [4.69, 9.17) is 32.7 Å². The Bertz CT molecular complexity index is 1140. The lowest BCUT2D eigenvalue weighted by molar-refractivity contribution is -0.135. The normalized spacial score (nSPS) is 10.7. The van der Waals surface area contributed by atoms with Crippen LogP contribution in [-0.2, 0) is 4.79 Å². The summed E-state index contributed by atoms with van der Waals surface area (Å²) in [6.45, 7) is -0.702. The molecule has 0 aliphatic heterocycles. The summed E-state index contributed by atoms with van der Waals surface area (Å²) < 4.78 is 5.13. The Labute approximate surface area is 161 Å². The molecule has 3 N–H and O–H groups in total. The number of aliphatic carboxylic acids is 1. The fourth-order valence-electron chi connectivity index (χ4n) is 2.48. The molecule has 138 valence electrons. The van der Waals surface area contributed by atoms with Gasteiger partial charge < -0.3 is 19.9 Å². The van der Waals surface area contributed by atoms with Crippen LogP contribution in [0.2, 0.25) is 10.0 Å². The molecule has 0 spiro atoms.